The Morgan fingerprint density at radius 2 is 2.27 bits per heavy atom. The van der Waals surface area contributed by atoms with E-state index >= 15 is 0 Å². The lowest BCUT2D eigenvalue weighted by molar-refractivity contribution is -0.148. The van der Waals surface area contributed by atoms with Crippen LogP contribution in [0.3, 0.4) is 0 Å². The average Bonchev–Trinajstić information content (AvgIpc) is 1.99. The predicted molar refractivity (Wildman–Crippen MR) is 40.0 cm³/mol. The van der Waals surface area contributed by atoms with Crippen LogP contribution in [0.4, 0.5) is 0 Å². The van der Waals surface area contributed by atoms with Crippen LogP contribution in [0.25, 0.3) is 0 Å². The summed E-state index contributed by atoms with van der Waals surface area (Å²) in [5.74, 6) is 0.217. The molecule has 0 aromatic rings. The molecule has 0 aliphatic carbocycles. The van der Waals surface area contributed by atoms with E-state index < -0.39 is 5.60 Å². The second-order valence-electron chi connectivity index (χ2n) is 3.64. The highest BCUT2D eigenvalue weighted by Gasteiger charge is 2.39. The third-order valence-electron chi connectivity index (χ3n) is 2.71. The van der Waals surface area contributed by atoms with Crippen LogP contribution in [0, 0.1) is 0 Å². The van der Waals surface area contributed by atoms with Crippen LogP contribution >= 0.6 is 0 Å². The van der Waals surface area contributed by atoms with Gasteiger partial charge in [0, 0.05) is 19.5 Å². The molecule has 3 nitrogen and oxygen atoms in total. The van der Waals surface area contributed by atoms with Crippen molar-refractivity contribution in [3.8, 4) is 0 Å². The van der Waals surface area contributed by atoms with Crippen LogP contribution in [-0.2, 0) is 4.79 Å². The van der Waals surface area contributed by atoms with E-state index in [4.69, 9.17) is 0 Å². The fraction of sp³-hybridized carbons (Fsp3) is 0.875. The number of aliphatic hydroxyl groups is 1. The summed E-state index contributed by atoms with van der Waals surface area (Å²) in [6.07, 6.45) is 3.04. The van der Waals surface area contributed by atoms with Crippen LogP contribution in [0.1, 0.15) is 25.7 Å². The Kier molecular flexibility index (Phi) is 1.42. The Morgan fingerprint density at radius 3 is 3.00 bits per heavy atom. The summed E-state index contributed by atoms with van der Waals surface area (Å²) in [6.45, 7) is 1.42. The number of fused-ring (bicyclic) bond motifs is 2. The van der Waals surface area contributed by atoms with Gasteiger partial charge in [0.1, 0.15) is 0 Å². The molecule has 0 aromatic heterocycles. The van der Waals surface area contributed by atoms with Crippen molar-refractivity contribution in [2.75, 3.05) is 13.1 Å². The Balaban J connectivity index is 2.15. The van der Waals surface area contributed by atoms with E-state index in [0.717, 1.165) is 19.4 Å². The van der Waals surface area contributed by atoms with Gasteiger partial charge in [-0.3, -0.25) is 4.79 Å². The van der Waals surface area contributed by atoms with Gasteiger partial charge in [-0.15, -0.1) is 0 Å². The van der Waals surface area contributed by atoms with Gasteiger partial charge >= 0.3 is 0 Å². The first-order valence-corrected chi connectivity index (χ1v) is 4.20. The van der Waals surface area contributed by atoms with Crippen molar-refractivity contribution >= 4 is 5.91 Å². The van der Waals surface area contributed by atoms with Gasteiger partial charge in [-0.2, -0.15) is 0 Å². The number of rotatable bonds is 0. The molecule has 1 N–H and O–H groups in total. The molecule has 2 rings (SSSR count). The van der Waals surface area contributed by atoms with Crippen molar-refractivity contribution in [2.45, 2.75) is 31.3 Å². The summed E-state index contributed by atoms with van der Waals surface area (Å²) in [6, 6.07) is 0. The summed E-state index contributed by atoms with van der Waals surface area (Å²) < 4.78 is 0. The second-order valence-corrected chi connectivity index (χ2v) is 3.64. The molecule has 2 aliphatic heterocycles. The summed E-state index contributed by atoms with van der Waals surface area (Å²) >= 11 is 0. The van der Waals surface area contributed by atoms with Crippen molar-refractivity contribution in [3.63, 3.8) is 0 Å². The average molecular weight is 155 g/mol. The van der Waals surface area contributed by atoms with E-state index in [0.29, 0.717) is 19.4 Å². The van der Waals surface area contributed by atoms with Crippen LogP contribution in [0.2, 0.25) is 0 Å². The molecule has 3 heteroatoms. The quantitative estimate of drug-likeness (QED) is 0.540. The molecule has 1 amide bonds. The standard InChI is InChI=1S/C8H13NO2/c10-7-2-4-8(11)3-1-5-9(7)6-8/h11H,1-6H2. The molecule has 2 fully saturated rings. The van der Waals surface area contributed by atoms with Crippen molar-refractivity contribution < 1.29 is 9.90 Å². The van der Waals surface area contributed by atoms with Gasteiger partial charge in [-0.25, -0.2) is 0 Å². The normalized spacial score (nSPS) is 37.5. The van der Waals surface area contributed by atoms with Crippen LogP contribution in [0.5, 0.6) is 0 Å². The minimum Gasteiger partial charge on any atom is -0.388 e. The van der Waals surface area contributed by atoms with Gasteiger partial charge in [-0.05, 0) is 19.3 Å². The van der Waals surface area contributed by atoms with E-state index in [1.54, 1.807) is 4.90 Å². The number of piperidine rings is 2. The predicted octanol–water partition coefficient (Wildman–Crippen LogP) is 0.134. The fourth-order valence-corrected chi connectivity index (χ4v) is 2.03. The first-order chi connectivity index (χ1) is 5.20. The summed E-state index contributed by atoms with van der Waals surface area (Å²) in [5.41, 5.74) is -0.536. The third kappa shape index (κ3) is 1.13. The molecule has 0 radical (unpaired) electrons. The zero-order valence-electron chi connectivity index (χ0n) is 6.55. The summed E-state index contributed by atoms with van der Waals surface area (Å²) in [5, 5.41) is 9.83. The number of nitrogens with zero attached hydrogens (tertiary/aromatic N) is 1. The molecule has 2 saturated heterocycles. The molecule has 2 aliphatic rings. The van der Waals surface area contributed by atoms with Crippen molar-refractivity contribution in [2.24, 2.45) is 0 Å². The maximum absolute atomic E-state index is 11.2. The molecule has 0 saturated carbocycles. The Hall–Kier alpha value is -0.570. The minimum absolute atomic E-state index is 0.217. The van der Waals surface area contributed by atoms with Crippen LogP contribution in [-0.4, -0.2) is 34.6 Å². The van der Waals surface area contributed by atoms with Gasteiger partial charge in [-0.1, -0.05) is 0 Å². The molecule has 0 aromatic carbocycles. The number of hydrogen-bond donors (Lipinski definition) is 1. The Bertz CT molecular complexity index is 193. The number of amides is 1. The lowest BCUT2D eigenvalue weighted by Crippen LogP contribution is -2.54. The van der Waals surface area contributed by atoms with Gasteiger partial charge in [0.2, 0.25) is 5.91 Å². The van der Waals surface area contributed by atoms with Crippen molar-refractivity contribution in [1.82, 2.24) is 4.90 Å². The molecule has 1 unspecified atom stereocenters. The smallest absolute Gasteiger partial charge is 0.222 e. The number of hydrogen-bond acceptors (Lipinski definition) is 2. The molecular weight excluding hydrogens is 142 g/mol. The first-order valence-electron chi connectivity index (χ1n) is 4.20. The zero-order chi connectivity index (χ0) is 7.90. The molecular formula is C8H13NO2. The van der Waals surface area contributed by atoms with Crippen molar-refractivity contribution in [1.29, 1.82) is 0 Å². The fourth-order valence-electron chi connectivity index (χ4n) is 2.03. The maximum atomic E-state index is 11.2. The highest BCUT2D eigenvalue weighted by atomic mass is 16.3. The topological polar surface area (TPSA) is 40.5 Å². The minimum atomic E-state index is -0.536. The van der Waals surface area contributed by atoms with E-state index in [-0.39, 0.29) is 5.91 Å². The molecule has 2 heterocycles. The number of carbonyl (C=O) groups is 1. The lowest BCUT2D eigenvalue weighted by atomic mass is 9.85. The van der Waals surface area contributed by atoms with Crippen LogP contribution < -0.4 is 0 Å². The molecule has 11 heavy (non-hydrogen) atoms. The first kappa shape index (κ1) is 7.10. The highest BCUT2D eigenvalue weighted by molar-refractivity contribution is 5.77. The van der Waals surface area contributed by atoms with E-state index in [2.05, 4.69) is 0 Å². The van der Waals surface area contributed by atoms with E-state index in [9.17, 15) is 9.90 Å². The largest absolute Gasteiger partial charge is 0.388 e. The van der Waals surface area contributed by atoms with E-state index in [1.807, 2.05) is 0 Å². The number of carbonyl (C=O) groups excluding carboxylic acids is 1. The van der Waals surface area contributed by atoms with Crippen LogP contribution in [0.15, 0.2) is 0 Å². The molecule has 2 bridgehead atoms. The third-order valence-corrected chi connectivity index (χ3v) is 2.71. The monoisotopic (exact) mass is 155 g/mol. The Morgan fingerprint density at radius 1 is 1.45 bits per heavy atom. The maximum Gasteiger partial charge on any atom is 0.222 e. The summed E-state index contributed by atoms with van der Waals surface area (Å²) in [7, 11) is 0. The van der Waals surface area contributed by atoms with Gasteiger partial charge in [0.25, 0.3) is 0 Å². The molecule has 0 spiro atoms. The Labute approximate surface area is 66.0 Å². The van der Waals surface area contributed by atoms with E-state index in [1.165, 1.54) is 0 Å². The summed E-state index contributed by atoms with van der Waals surface area (Å²) in [4.78, 5) is 12.9. The highest BCUT2D eigenvalue weighted by Crippen LogP contribution is 2.30. The lowest BCUT2D eigenvalue weighted by Gasteiger charge is -2.43. The van der Waals surface area contributed by atoms with Crippen molar-refractivity contribution in [3.05, 3.63) is 0 Å². The molecule has 1 atom stereocenters. The SMILES string of the molecule is O=C1CCC2(O)CCCN1C2. The van der Waals surface area contributed by atoms with Gasteiger partial charge in [0.05, 0.1) is 5.60 Å². The zero-order valence-corrected chi connectivity index (χ0v) is 6.55. The van der Waals surface area contributed by atoms with Gasteiger partial charge < -0.3 is 10.0 Å². The second kappa shape index (κ2) is 2.21. The molecule has 62 valence electrons. The van der Waals surface area contributed by atoms with Gasteiger partial charge in [0.15, 0.2) is 0 Å².